The fourth-order valence-corrected chi connectivity index (χ4v) is 7.31. The molecule has 0 aromatic heterocycles. The van der Waals surface area contributed by atoms with E-state index in [0.29, 0.717) is 13.2 Å². The zero-order chi connectivity index (χ0) is 11.9. The van der Waals surface area contributed by atoms with Crippen LogP contribution in [0.3, 0.4) is 0 Å². The molecule has 0 N–H and O–H groups in total. The van der Waals surface area contributed by atoms with Crippen LogP contribution in [0.25, 0.3) is 0 Å². The summed E-state index contributed by atoms with van der Waals surface area (Å²) in [5.41, 5.74) is 0. The molecule has 0 atom stereocenters. The Bertz CT molecular complexity index is 148. The Morgan fingerprint density at radius 1 is 0.800 bits per heavy atom. The van der Waals surface area contributed by atoms with Crippen LogP contribution in [0.15, 0.2) is 0 Å². The van der Waals surface area contributed by atoms with Crippen LogP contribution < -0.4 is 0 Å². The minimum Gasteiger partial charge on any atom is -0.394 e. The lowest BCUT2D eigenvalue weighted by Crippen LogP contribution is -2.53. The van der Waals surface area contributed by atoms with Gasteiger partial charge in [-0.25, -0.2) is 0 Å². The molecule has 0 heterocycles. The van der Waals surface area contributed by atoms with E-state index in [4.69, 9.17) is 17.1 Å². The van der Waals surface area contributed by atoms with Gasteiger partial charge in [0.2, 0.25) is 0 Å². The quantitative estimate of drug-likeness (QED) is 0.630. The summed E-state index contributed by atoms with van der Waals surface area (Å²) >= 11 is 0. The van der Waals surface area contributed by atoms with Crippen molar-refractivity contribution in [3.8, 4) is 0 Å². The number of hydrogen-bond acceptors (Lipinski definition) is 4. The lowest BCUT2D eigenvalue weighted by molar-refractivity contribution is 0.0488. The zero-order valence-electron chi connectivity index (χ0n) is 10.5. The van der Waals surface area contributed by atoms with Crippen LogP contribution in [0.4, 0.5) is 0 Å². The van der Waals surface area contributed by atoms with E-state index < -0.39 is 27.1 Å². The first-order valence-corrected chi connectivity index (χ1v) is 11.7. The lowest BCUT2D eigenvalue weighted by Gasteiger charge is -2.30. The largest absolute Gasteiger partial charge is 0.658 e. The third-order valence-corrected chi connectivity index (χ3v) is 7.85. The molecule has 0 aliphatic rings. The summed E-state index contributed by atoms with van der Waals surface area (Å²) in [7, 11) is -4.58. The summed E-state index contributed by atoms with van der Waals surface area (Å²) in [4.78, 5) is 0. The maximum absolute atomic E-state index is 5.83. The highest BCUT2D eigenvalue weighted by Crippen LogP contribution is 2.14. The van der Waals surface area contributed by atoms with Crippen molar-refractivity contribution >= 4 is 27.1 Å². The first kappa shape index (κ1) is 15.5. The molecule has 0 unspecified atom stereocenters. The monoisotopic (exact) mass is 266 g/mol. The van der Waals surface area contributed by atoms with Crippen molar-refractivity contribution in [1.29, 1.82) is 0 Å². The average Bonchev–Trinajstić information content (AvgIpc) is 2.01. The molecule has 0 spiro atoms. The second-order valence-electron chi connectivity index (χ2n) is 3.39. The van der Waals surface area contributed by atoms with Gasteiger partial charge in [0.15, 0.2) is 18.1 Å². The van der Waals surface area contributed by atoms with E-state index in [-0.39, 0.29) is 0 Å². The molecule has 0 aliphatic heterocycles. The third kappa shape index (κ3) is 6.61. The Kier molecular flexibility index (Phi) is 7.97. The topological polar surface area (TPSA) is 36.9 Å². The molecular weight excluding hydrogens is 244 g/mol. The van der Waals surface area contributed by atoms with Gasteiger partial charge < -0.3 is 17.1 Å². The number of rotatable bonds is 8. The zero-order valence-corrected chi connectivity index (χ0v) is 13.5. The third-order valence-electron chi connectivity index (χ3n) is 1.30. The fraction of sp³-hybridized carbons (Fsp3) is 1.00. The second-order valence-corrected chi connectivity index (χ2v) is 10.2. The van der Waals surface area contributed by atoms with E-state index in [1.807, 2.05) is 13.8 Å². The highest BCUT2D eigenvalue weighted by Gasteiger charge is 2.46. The average molecular weight is 267 g/mol. The first-order chi connectivity index (χ1) is 6.95. The molecule has 0 aromatic rings. The Balaban J connectivity index is 4.55. The van der Waals surface area contributed by atoms with Crippen molar-refractivity contribution in [2.75, 3.05) is 13.2 Å². The Morgan fingerprint density at radius 2 is 1.13 bits per heavy atom. The van der Waals surface area contributed by atoms with Crippen molar-refractivity contribution in [3.63, 3.8) is 0 Å². The number of hydrogen-bond donors (Lipinski definition) is 0. The molecule has 7 heteroatoms. The minimum absolute atomic E-state index is 0.566. The van der Waals surface area contributed by atoms with Gasteiger partial charge in [-0.15, -0.1) is 0 Å². The van der Waals surface area contributed by atoms with E-state index in [2.05, 4.69) is 26.2 Å². The molecule has 4 nitrogen and oxygen atoms in total. The van der Waals surface area contributed by atoms with E-state index in [1.54, 1.807) is 0 Å². The maximum atomic E-state index is 5.83. The Hall–Kier alpha value is 0.491. The SMILES string of the molecule is CCO[Si](OCC)(O[Si](C)C)O[Si](C)C. The molecule has 0 saturated heterocycles. The summed E-state index contributed by atoms with van der Waals surface area (Å²) in [6, 6.07) is 0. The molecule has 0 fully saturated rings. The molecule has 0 bridgehead atoms. The van der Waals surface area contributed by atoms with Crippen molar-refractivity contribution in [2.45, 2.75) is 40.0 Å². The summed E-state index contributed by atoms with van der Waals surface area (Å²) in [5, 5.41) is 0. The van der Waals surface area contributed by atoms with Crippen LogP contribution in [-0.4, -0.2) is 40.3 Å². The van der Waals surface area contributed by atoms with Gasteiger partial charge in [0.25, 0.3) is 0 Å². The van der Waals surface area contributed by atoms with Crippen LogP contribution in [0, 0.1) is 0 Å². The van der Waals surface area contributed by atoms with Crippen LogP contribution in [0.5, 0.6) is 0 Å². The van der Waals surface area contributed by atoms with E-state index in [1.165, 1.54) is 0 Å². The van der Waals surface area contributed by atoms with Crippen molar-refractivity contribution in [2.24, 2.45) is 0 Å². The van der Waals surface area contributed by atoms with Gasteiger partial charge in [-0.05, 0) is 40.0 Å². The predicted octanol–water partition coefficient (Wildman–Crippen LogP) is 2.03. The molecule has 0 aliphatic carbocycles. The standard InChI is InChI=1S/C8H22O4Si3/c1-7-9-15(10-8-2,11-13(3)4)12-14(5)6/h7-8H2,1-6H3. The smallest absolute Gasteiger partial charge is 0.394 e. The molecular formula is C8H22O4Si3. The highest BCUT2D eigenvalue weighted by atomic mass is 28.5. The minimum atomic E-state index is -2.83. The molecule has 0 saturated carbocycles. The van der Waals surface area contributed by atoms with Crippen LogP contribution in [0.2, 0.25) is 26.2 Å². The molecule has 2 radical (unpaired) electrons. The van der Waals surface area contributed by atoms with Gasteiger partial charge >= 0.3 is 9.05 Å². The first-order valence-electron chi connectivity index (χ1n) is 5.22. The van der Waals surface area contributed by atoms with E-state index >= 15 is 0 Å². The van der Waals surface area contributed by atoms with Gasteiger partial charge in [0.05, 0.1) is 0 Å². The van der Waals surface area contributed by atoms with Crippen LogP contribution in [-0.2, 0) is 17.1 Å². The highest BCUT2D eigenvalue weighted by molar-refractivity contribution is 6.71. The molecule has 0 amide bonds. The van der Waals surface area contributed by atoms with Gasteiger partial charge in [-0.1, -0.05) is 0 Å². The molecule has 90 valence electrons. The van der Waals surface area contributed by atoms with E-state index in [0.717, 1.165) is 0 Å². The Morgan fingerprint density at radius 3 is 1.33 bits per heavy atom. The van der Waals surface area contributed by atoms with Crippen molar-refractivity contribution < 1.29 is 17.1 Å². The molecule has 0 aromatic carbocycles. The van der Waals surface area contributed by atoms with Crippen LogP contribution >= 0.6 is 0 Å². The van der Waals surface area contributed by atoms with Gasteiger partial charge in [0.1, 0.15) is 0 Å². The summed E-state index contributed by atoms with van der Waals surface area (Å²) in [6.45, 7) is 13.2. The second kappa shape index (κ2) is 7.71. The Labute approximate surface area is 97.8 Å². The molecule has 15 heavy (non-hydrogen) atoms. The van der Waals surface area contributed by atoms with Crippen molar-refractivity contribution in [3.05, 3.63) is 0 Å². The maximum Gasteiger partial charge on any atom is 0.658 e. The van der Waals surface area contributed by atoms with E-state index in [9.17, 15) is 0 Å². The summed E-state index contributed by atoms with van der Waals surface area (Å²) < 4.78 is 22.9. The molecule has 0 rings (SSSR count). The van der Waals surface area contributed by atoms with Crippen molar-refractivity contribution in [1.82, 2.24) is 0 Å². The fourth-order valence-electron chi connectivity index (χ4n) is 1.03. The van der Waals surface area contributed by atoms with Gasteiger partial charge in [-0.3, -0.25) is 0 Å². The summed E-state index contributed by atoms with van der Waals surface area (Å²) in [6.07, 6.45) is 0. The van der Waals surface area contributed by atoms with Gasteiger partial charge in [-0.2, -0.15) is 0 Å². The lowest BCUT2D eigenvalue weighted by atomic mass is 10.9. The summed E-state index contributed by atoms with van der Waals surface area (Å²) in [5.74, 6) is 0. The normalized spacial score (nSPS) is 12.8. The predicted molar refractivity (Wildman–Crippen MR) is 66.1 cm³/mol. The van der Waals surface area contributed by atoms with Crippen LogP contribution in [0.1, 0.15) is 13.8 Å². The van der Waals surface area contributed by atoms with Gasteiger partial charge in [0, 0.05) is 13.2 Å².